The molecule has 0 aliphatic carbocycles. The summed E-state index contributed by atoms with van der Waals surface area (Å²) in [6.07, 6.45) is 1.14. The topological polar surface area (TPSA) is 26.3 Å². The number of esters is 1. The van der Waals surface area contributed by atoms with Crippen LogP contribution in [0.3, 0.4) is 0 Å². The maximum absolute atomic E-state index is 13.6. The van der Waals surface area contributed by atoms with E-state index in [1.54, 1.807) is 6.92 Å². The van der Waals surface area contributed by atoms with Gasteiger partial charge in [0.25, 0.3) is 0 Å². The van der Waals surface area contributed by atoms with Crippen LogP contribution in [0.15, 0.2) is 18.2 Å². The van der Waals surface area contributed by atoms with Crippen LogP contribution in [-0.4, -0.2) is 12.6 Å². The summed E-state index contributed by atoms with van der Waals surface area (Å²) >= 11 is 0. The lowest BCUT2D eigenvalue weighted by molar-refractivity contribution is -0.145. The number of carbonyl (C=O) groups excluding carboxylic acids is 1. The highest BCUT2D eigenvalue weighted by molar-refractivity contribution is 5.78. The molecular weight excluding hydrogens is 226 g/mol. The van der Waals surface area contributed by atoms with Gasteiger partial charge in [-0.05, 0) is 19.4 Å². The second-order valence-corrected chi connectivity index (χ2v) is 3.74. The van der Waals surface area contributed by atoms with E-state index in [0.717, 1.165) is 6.07 Å². The molecule has 4 heteroatoms. The molecule has 0 amide bonds. The molecule has 1 rings (SSSR count). The number of hydrogen-bond acceptors (Lipinski definition) is 2. The zero-order valence-electron chi connectivity index (χ0n) is 10.0. The second kappa shape index (κ2) is 6.33. The first kappa shape index (κ1) is 13.6. The molecule has 0 heterocycles. The molecule has 1 aromatic rings. The standard InChI is InChI=1S/C13H16F2O2/c1-3-6-10(13(16)17-4-2)9-7-5-8-11(14)12(9)15/h5,7-8,10H,3-4,6H2,1-2H3. The van der Waals surface area contributed by atoms with Gasteiger partial charge in [-0.3, -0.25) is 4.79 Å². The van der Waals surface area contributed by atoms with Crippen LogP contribution < -0.4 is 0 Å². The van der Waals surface area contributed by atoms with Crippen molar-refractivity contribution in [3.63, 3.8) is 0 Å². The van der Waals surface area contributed by atoms with E-state index in [1.165, 1.54) is 12.1 Å². The van der Waals surface area contributed by atoms with Crippen molar-refractivity contribution in [1.82, 2.24) is 0 Å². The highest BCUT2D eigenvalue weighted by Crippen LogP contribution is 2.26. The molecule has 0 aliphatic heterocycles. The summed E-state index contributed by atoms with van der Waals surface area (Å²) in [5, 5.41) is 0. The van der Waals surface area contributed by atoms with E-state index in [9.17, 15) is 13.6 Å². The predicted molar refractivity (Wildman–Crippen MR) is 60.6 cm³/mol. The summed E-state index contributed by atoms with van der Waals surface area (Å²) in [5.41, 5.74) is 0.0744. The first-order chi connectivity index (χ1) is 8.11. The van der Waals surface area contributed by atoms with Crippen LogP contribution in [0, 0.1) is 11.6 Å². The fourth-order valence-corrected chi connectivity index (χ4v) is 1.72. The van der Waals surface area contributed by atoms with E-state index in [2.05, 4.69) is 0 Å². The van der Waals surface area contributed by atoms with Crippen molar-refractivity contribution in [3.05, 3.63) is 35.4 Å². The van der Waals surface area contributed by atoms with Crippen LogP contribution >= 0.6 is 0 Å². The average molecular weight is 242 g/mol. The molecule has 0 saturated heterocycles. The Morgan fingerprint density at radius 1 is 1.35 bits per heavy atom. The van der Waals surface area contributed by atoms with E-state index in [0.29, 0.717) is 12.8 Å². The summed E-state index contributed by atoms with van der Waals surface area (Å²) < 4.78 is 31.6. The van der Waals surface area contributed by atoms with Crippen molar-refractivity contribution in [2.24, 2.45) is 0 Å². The molecule has 2 nitrogen and oxygen atoms in total. The Bertz CT molecular complexity index is 391. The largest absolute Gasteiger partial charge is 0.466 e. The molecular formula is C13H16F2O2. The van der Waals surface area contributed by atoms with Crippen LogP contribution in [0.1, 0.15) is 38.2 Å². The van der Waals surface area contributed by atoms with Gasteiger partial charge in [-0.25, -0.2) is 8.78 Å². The third-order valence-electron chi connectivity index (χ3n) is 2.51. The maximum atomic E-state index is 13.6. The Hall–Kier alpha value is -1.45. The SMILES string of the molecule is CCCC(C(=O)OCC)c1cccc(F)c1F. The van der Waals surface area contributed by atoms with Gasteiger partial charge in [-0.15, -0.1) is 0 Å². The fraction of sp³-hybridized carbons (Fsp3) is 0.462. The van der Waals surface area contributed by atoms with Gasteiger partial charge in [0.05, 0.1) is 12.5 Å². The van der Waals surface area contributed by atoms with Crippen molar-refractivity contribution in [2.45, 2.75) is 32.6 Å². The molecule has 0 saturated carbocycles. The van der Waals surface area contributed by atoms with Crippen molar-refractivity contribution in [3.8, 4) is 0 Å². The van der Waals surface area contributed by atoms with Crippen molar-refractivity contribution in [1.29, 1.82) is 0 Å². The van der Waals surface area contributed by atoms with Crippen LogP contribution in [-0.2, 0) is 9.53 Å². The summed E-state index contributed by atoms with van der Waals surface area (Å²) in [4.78, 5) is 11.7. The predicted octanol–water partition coefficient (Wildman–Crippen LogP) is 3.41. The Kier molecular flexibility index (Phi) is 5.07. The Labute approximate surface area is 99.6 Å². The number of carbonyl (C=O) groups is 1. The molecule has 0 spiro atoms. The van der Waals surface area contributed by atoms with Crippen molar-refractivity contribution < 1.29 is 18.3 Å². The normalized spacial score (nSPS) is 12.2. The number of benzene rings is 1. The maximum Gasteiger partial charge on any atom is 0.313 e. The molecule has 17 heavy (non-hydrogen) atoms. The van der Waals surface area contributed by atoms with Gasteiger partial charge in [-0.2, -0.15) is 0 Å². The Balaban J connectivity index is 3.05. The van der Waals surface area contributed by atoms with E-state index >= 15 is 0 Å². The molecule has 94 valence electrons. The van der Waals surface area contributed by atoms with Gasteiger partial charge in [0.1, 0.15) is 0 Å². The van der Waals surface area contributed by atoms with Gasteiger partial charge in [-0.1, -0.05) is 25.5 Å². The van der Waals surface area contributed by atoms with Gasteiger partial charge < -0.3 is 4.74 Å². The Morgan fingerprint density at radius 3 is 2.65 bits per heavy atom. The molecule has 1 atom stereocenters. The number of ether oxygens (including phenoxy) is 1. The summed E-state index contributed by atoms with van der Waals surface area (Å²) in [6.45, 7) is 3.79. The molecule has 0 aromatic heterocycles. The highest BCUT2D eigenvalue weighted by atomic mass is 19.2. The summed E-state index contributed by atoms with van der Waals surface area (Å²) in [5.74, 6) is -3.12. The van der Waals surface area contributed by atoms with E-state index in [4.69, 9.17) is 4.74 Å². The van der Waals surface area contributed by atoms with Gasteiger partial charge in [0.15, 0.2) is 11.6 Å². The number of halogens is 2. The van der Waals surface area contributed by atoms with E-state index in [1.807, 2.05) is 6.92 Å². The second-order valence-electron chi connectivity index (χ2n) is 3.74. The molecule has 1 unspecified atom stereocenters. The minimum absolute atomic E-state index is 0.0744. The average Bonchev–Trinajstić information content (AvgIpc) is 2.30. The van der Waals surface area contributed by atoms with Gasteiger partial charge >= 0.3 is 5.97 Å². The van der Waals surface area contributed by atoms with E-state index < -0.39 is 23.5 Å². The monoisotopic (exact) mass is 242 g/mol. The van der Waals surface area contributed by atoms with Crippen LogP contribution in [0.4, 0.5) is 8.78 Å². The first-order valence-corrected chi connectivity index (χ1v) is 5.72. The molecule has 1 aromatic carbocycles. The first-order valence-electron chi connectivity index (χ1n) is 5.72. The zero-order chi connectivity index (χ0) is 12.8. The van der Waals surface area contributed by atoms with Crippen LogP contribution in [0.25, 0.3) is 0 Å². The van der Waals surface area contributed by atoms with Crippen molar-refractivity contribution >= 4 is 5.97 Å². The third-order valence-corrected chi connectivity index (χ3v) is 2.51. The lowest BCUT2D eigenvalue weighted by Crippen LogP contribution is -2.17. The highest BCUT2D eigenvalue weighted by Gasteiger charge is 2.25. The minimum atomic E-state index is -0.959. The number of rotatable bonds is 5. The number of hydrogen-bond donors (Lipinski definition) is 0. The van der Waals surface area contributed by atoms with E-state index in [-0.39, 0.29) is 12.2 Å². The minimum Gasteiger partial charge on any atom is -0.466 e. The lowest BCUT2D eigenvalue weighted by Gasteiger charge is -2.15. The van der Waals surface area contributed by atoms with Crippen LogP contribution in [0.2, 0.25) is 0 Å². The lowest BCUT2D eigenvalue weighted by atomic mass is 9.94. The summed E-state index contributed by atoms with van der Waals surface area (Å²) in [7, 11) is 0. The molecule has 0 bridgehead atoms. The van der Waals surface area contributed by atoms with Crippen LogP contribution in [0.5, 0.6) is 0 Å². The Morgan fingerprint density at radius 2 is 2.06 bits per heavy atom. The van der Waals surface area contributed by atoms with Gasteiger partial charge in [0, 0.05) is 5.56 Å². The molecule has 0 N–H and O–H groups in total. The third kappa shape index (κ3) is 3.25. The molecule has 0 fully saturated rings. The fourth-order valence-electron chi connectivity index (χ4n) is 1.72. The smallest absolute Gasteiger partial charge is 0.313 e. The molecule has 0 radical (unpaired) electrons. The van der Waals surface area contributed by atoms with Gasteiger partial charge in [0.2, 0.25) is 0 Å². The van der Waals surface area contributed by atoms with Crippen molar-refractivity contribution in [2.75, 3.05) is 6.61 Å². The molecule has 0 aliphatic rings. The summed E-state index contributed by atoms with van der Waals surface area (Å²) in [6, 6.07) is 3.86. The quantitative estimate of drug-likeness (QED) is 0.739. The zero-order valence-corrected chi connectivity index (χ0v) is 10.0.